The molecule has 0 aliphatic heterocycles. The van der Waals surface area contributed by atoms with Crippen molar-refractivity contribution in [3.63, 3.8) is 0 Å². The Morgan fingerprint density at radius 1 is 1.35 bits per heavy atom. The van der Waals surface area contributed by atoms with E-state index in [1.54, 1.807) is 38.0 Å². The van der Waals surface area contributed by atoms with Crippen molar-refractivity contribution in [1.29, 1.82) is 0 Å². The van der Waals surface area contributed by atoms with Gasteiger partial charge in [-0.15, -0.1) is 0 Å². The van der Waals surface area contributed by atoms with E-state index in [-0.39, 0.29) is 23.5 Å². The minimum absolute atomic E-state index is 0.164. The van der Waals surface area contributed by atoms with Crippen LogP contribution in [0.2, 0.25) is 0 Å². The first-order chi connectivity index (χ1) is 10.9. The van der Waals surface area contributed by atoms with Crippen LogP contribution >= 0.6 is 0 Å². The van der Waals surface area contributed by atoms with Gasteiger partial charge in [0, 0.05) is 20.6 Å². The minimum atomic E-state index is -0.307. The van der Waals surface area contributed by atoms with E-state index in [1.165, 1.54) is 12.1 Å². The van der Waals surface area contributed by atoms with Crippen molar-refractivity contribution in [1.82, 2.24) is 9.88 Å². The number of hydrogen-bond acceptors (Lipinski definition) is 4. The zero-order chi connectivity index (χ0) is 17.0. The molecule has 1 amide bonds. The van der Waals surface area contributed by atoms with Gasteiger partial charge in [0.15, 0.2) is 5.89 Å². The lowest BCUT2D eigenvalue weighted by Gasteiger charge is -2.28. The largest absolute Gasteiger partial charge is 0.436 e. The number of ether oxygens (including phenoxy) is 1. The fourth-order valence-electron chi connectivity index (χ4n) is 2.41. The molecule has 0 radical (unpaired) electrons. The first-order valence-electron chi connectivity index (χ1n) is 7.40. The predicted octanol–water partition coefficient (Wildman–Crippen LogP) is 3.11. The van der Waals surface area contributed by atoms with Gasteiger partial charge in [-0.25, -0.2) is 9.37 Å². The average molecular weight is 320 g/mol. The molecular weight excluding hydrogens is 299 g/mol. The summed E-state index contributed by atoms with van der Waals surface area (Å²) in [6.45, 7) is 6.05. The molecule has 2 rings (SSSR count). The Labute approximate surface area is 135 Å². The maximum absolute atomic E-state index is 13.1. The molecule has 0 saturated heterocycles. The highest BCUT2D eigenvalue weighted by atomic mass is 19.1. The molecule has 0 fully saturated rings. The molecule has 0 aliphatic rings. The Balaban J connectivity index is 2.28. The third kappa shape index (κ3) is 4.16. The van der Waals surface area contributed by atoms with E-state index in [9.17, 15) is 9.18 Å². The zero-order valence-electron chi connectivity index (χ0n) is 13.8. The number of aromatic nitrogens is 1. The Kier molecular flexibility index (Phi) is 5.50. The second-order valence-electron chi connectivity index (χ2n) is 5.51. The SMILES string of the molecule is COC[C@H](C)N(Cc1ccc(F)cc1)C(=O)c1oc(C)nc1C. The second-order valence-corrected chi connectivity index (χ2v) is 5.51. The number of halogens is 1. The van der Waals surface area contributed by atoms with Crippen molar-refractivity contribution in [2.24, 2.45) is 0 Å². The molecule has 1 heterocycles. The maximum atomic E-state index is 13.1. The molecule has 1 atom stereocenters. The number of aryl methyl sites for hydroxylation is 2. The van der Waals surface area contributed by atoms with Crippen LogP contribution in [0, 0.1) is 19.7 Å². The number of carbonyl (C=O) groups is 1. The monoisotopic (exact) mass is 320 g/mol. The average Bonchev–Trinajstić information content (AvgIpc) is 2.85. The fourth-order valence-corrected chi connectivity index (χ4v) is 2.41. The molecular formula is C17H21FN2O3. The topological polar surface area (TPSA) is 55.6 Å². The molecule has 1 aromatic carbocycles. The van der Waals surface area contributed by atoms with Gasteiger partial charge in [0.1, 0.15) is 5.82 Å². The summed E-state index contributed by atoms with van der Waals surface area (Å²) in [5, 5.41) is 0. The standard InChI is InChI=1S/C17H21FN2O3/c1-11(10-22-4)20(9-14-5-7-15(18)8-6-14)17(21)16-12(2)19-13(3)23-16/h5-8,11H,9-10H2,1-4H3/t11-/m0/s1. The van der Waals surface area contributed by atoms with Crippen molar-refractivity contribution >= 4 is 5.91 Å². The summed E-state index contributed by atoms with van der Waals surface area (Å²) in [6.07, 6.45) is 0. The van der Waals surface area contributed by atoms with Gasteiger partial charge >= 0.3 is 0 Å². The molecule has 0 N–H and O–H groups in total. The number of benzene rings is 1. The van der Waals surface area contributed by atoms with Gasteiger partial charge in [0.25, 0.3) is 5.91 Å². The number of carbonyl (C=O) groups excluding carboxylic acids is 1. The Morgan fingerprint density at radius 2 is 2.00 bits per heavy atom. The number of rotatable bonds is 6. The van der Waals surface area contributed by atoms with Crippen LogP contribution in [0.4, 0.5) is 4.39 Å². The minimum Gasteiger partial charge on any atom is -0.436 e. The Bertz CT molecular complexity index is 667. The van der Waals surface area contributed by atoms with Crippen molar-refractivity contribution in [3.8, 4) is 0 Å². The number of nitrogens with zero attached hydrogens (tertiary/aromatic N) is 2. The van der Waals surface area contributed by atoms with E-state index in [0.29, 0.717) is 24.7 Å². The number of methoxy groups -OCH3 is 1. The summed E-state index contributed by atoms with van der Waals surface area (Å²) < 4.78 is 23.7. The molecule has 1 aromatic heterocycles. The molecule has 124 valence electrons. The van der Waals surface area contributed by atoms with Crippen LogP contribution < -0.4 is 0 Å². The summed E-state index contributed by atoms with van der Waals surface area (Å²) in [6, 6.07) is 5.91. The van der Waals surface area contributed by atoms with Crippen LogP contribution in [0.3, 0.4) is 0 Å². The lowest BCUT2D eigenvalue weighted by molar-refractivity contribution is 0.0510. The van der Waals surface area contributed by atoms with Crippen LogP contribution in [0.5, 0.6) is 0 Å². The molecule has 0 spiro atoms. The third-order valence-corrected chi connectivity index (χ3v) is 3.56. The fraction of sp³-hybridized carbons (Fsp3) is 0.412. The van der Waals surface area contributed by atoms with E-state index in [0.717, 1.165) is 5.56 Å². The quantitative estimate of drug-likeness (QED) is 0.820. The van der Waals surface area contributed by atoms with Crippen LogP contribution in [0.1, 0.15) is 34.6 Å². The molecule has 0 unspecified atom stereocenters. The van der Waals surface area contributed by atoms with Gasteiger partial charge in [0.2, 0.25) is 5.76 Å². The highest BCUT2D eigenvalue weighted by molar-refractivity contribution is 5.92. The van der Waals surface area contributed by atoms with Crippen LogP contribution in [0.25, 0.3) is 0 Å². The van der Waals surface area contributed by atoms with E-state index < -0.39 is 0 Å². The van der Waals surface area contributed by atoms with Crippen molar-refractivity contribution < 1.29 is 18.3 Å². The number of amides is 1. The predicted molar refractivity (Wildman–Crippen MR) is 83.6 cm³/mol. The van der Waals surface area contributed by atoms with Crippen molar-refractivity contribution in [2.75, 3.05) is 13.7 Å². The molecule has 0 bridgehead atoms. The van der Waals surface area contributed by atoms with Crippen LogP contribution in [-0.2, 0) is 11.3 Å². The Morgan fingerprint density at radius 3 is 2.52 bits per heavy atom. The smallest absolute Gasteiger partial charge is 0.292 e. The third-order valence-electron chi connectivity index (χ3n) is 3.56. The first-order valence-corrected chi connectivity index (χ1v) is 7.40. The second kappa shape index (κ2) is 7.37. The van der Waals surface area contributed by atoms with Crippen molar-refractivity contribution in [2.45, 2.75) is 33.4 Å². The normalized spacial score (nSPS) is 12.2. The molecule has 5 nitrogen and oxygen atoms in total. The van der Waals surface area contributed by atoms with Gasteiger partial charge in [-0.05, 0) is 31.5 Å². The van der Waals surface area contributed by atoms with E-state index in [1.807, 2.05) is 6.92 Å². The maximum Gasteiger partial charge on any atom is 0.292 e. The lowest BCUT2D eigenvalue weighted by Crippen LogP contribution is -2.40. The van der Waals surface area contributed by atoms with Gasteiger partial charge < -0.3 is 14.1 Å². The molecule has 0 saturated carbocycles. The van der Waals surface area contributed by atoms with Crippen molar-refractivity contribution in [3.05, 3.63) is 53.0 Å². The highest BCUT2D eigenvalue weighted by Gasteiger charge is 2.26. The molecule has 2 aromatic rings. The summed E-state index contributed by atoms with van der Waals surface area (Å²) in [4.78, 5) is 18.6. The van der Waals surface area contributed by atoms with Crippen LogP contribution in [-0.4, -0.2) is 35.5 Å². The number of hydrogen-bond donors (Lipinski definition) is 0. The van der Waals surface area contributed by atoms with E-state index in [4.69, 9.17) is 9.15 Å². The van der Waals surface area contributed by atoms with Gasteiger partial charge in [-0.2, -0.15) is 0 Å². The highest BCUT2D eigenvalue weighted by Crippen LogP contribution is 2.17. The number of oxazole rings is 1. The van der Waals surface area contributed by atoms with E-state index in [2.05, 4.69) is 4.98 Å². The summed E-state index contributed by atoms with van der Waals surface area (Å²) in [7, 11) is 1.58. The van der Waals surface area contributed by atoms with Crippen LogP contribution in [0.15, 0.2) is 28.7 Å². The van der Waals surface area contributed by atoms with Gasteiger partial charge in [0.05, 0.1) is 18.3 Å². The van der Waals surface area contributed by atoms with Gasteiger partial charge in [-0.1, -0.05) is 12.1 Å². The molecule has 23 heavy (non-hydrogen) atoms. The molecule has 6 heteroatoms. The summed E-state index contributed by atoms with van der Waals surface area (Å²) in [5.41, 5.74) is 1.39. The molecule has 0 aliphatic carbocycles. The first kappa shape index (κ1) is 17.1. The van der Waals surface area contributed by atoms with E-state index >= 15 is 0 Å². The summed E-state index contributed by atoms with van der Waals surface area (Å²) >= 11 is 0. The lowest BCUT2D eigenvalue weighted by atomic mass is 10.1. The van der Waals surface area contributed by atoms with Gasteiger partial charge in [-0.3, -0.25) is 4.79 Å². The Hall–Kier alpha value is -2.21. The summed E-state index contributed by atoms with van der Waals surface area (Å²) in [5.74, 6) is 0.120. The zero-order valence-corrected chi connectivity index (χ0v) is 13.8.